The van der Waals surface area contributed by atoms with Crippen molar-refractivity contribution in [2.75, 3.05) is 19.0 Å². The van der Waals surface area contributed by atoms with Crippen molar-refractivity contribution in [3.05, 3.63) is 24.3 Å². The van der Waals surface area contributed by atoms with E-state index in [1.165, 1.54) is 11.8 Å². The van der Waals surface area contributed by atoms with Crippen molar-refractivity contribution in [1.82, 2.24) is 9.55 Å². The van der Waals surface area contributed by atoms with Gasteiger partial charge in [0.2, 0.25) is 0 Å². The highest BCUT2D eigenvalue weighted by Gasteiger charge is 2.09. The van der Waals surface area contributed by atoms with E-state index in [2.05, 4.69) is 4.98 Å². The summed E-state index contributed by atoms with van der Waals surface area (Å²) in [5.41, 5.74) is 1.95. The molecule has 0 bridgehead atoms. The van der Waals surface area contributed by atoms with E-state index in [0.717, 1.165) is 16.2 Å². The number of benzene rings is 1. The molecular formula is C11H14N2O2S. The first-order valence-corrected chi connectivity index (χ1v) is 6.15. The van der Waals surface area contributed by atoms with Crippen molar-refractivity contribution in [1.29, 1.82) is 0 Å². The van der Waals surface area contributed by atoms with Gasteiger partial charge in [-0.15, -0.1) is 0 Å². The van der Waals surface area contributed by atoms with Gasteiger partial charge in [0.05, 0.1) is 24.2 Å². The molecule has 0 aliphatic rings. The maximum Gasteiger partial charge on any atom is 0.169 e. The fourth-order valence-electron chi connectivity index (χ4n) is 1.62. The lowest BCUT2D eigenvalue weighted by Crippen LogP contribution is -2.04. The van der Waals surface area contributed by atoms with Gasteiger partial charge in [0.1, 0.15) is 0 Å². The number of thioether (sulfide) groups is 1. The predicted molar refractivity (Wildman–Crippen MR) is 64.6 cm³/mol. The van der Waals surface area contributed by atoms with E-state index in [-0.39, 0.29) is 13.2 Å². The van der Waals surface area contributed by atoms with Gasteiger partial charge >= 0.3 is 0 Å². The topological polar surface area (TPSA) is 58.3 Å². The Kier molecular flexibility index (Phi) is 3.82. The molecular weight excluding hydrogens is 224 g/mol. The molecule has 0 spiro atoms. The Balaban J connectivity index is 2.41. The molecule has 0 amide bonds. The van der Waals surface area contributed by atoms with Crippen LogP contribution in [0.5, 0.6) is 0 Å². The molecule has 0 aliphatic heterocycles. The number of hydrogen-bond donors (Lipinski definition) is 2. The van der Waals surface area contributed by atoms with Crippen LogP contribution in [0.4, 0.5) is 0 Å². The molecule has 0 saturated heterocycles. The van der Waals surface area contributed by atoms with Gasteiger partial charge in [-0.1, -0.05) is 23.9 Å². The van der Waals surface area contributed by atoms with Crippen LogP contribution in [0, 0.1) is 0 Å². The highest BCUT2D eigenvalue weighted by atomic mass is 32.2. The average Bonchev–Trinajstić information content (AvgIpc) is 2.66. The van der Waals surface area contributed by atoms with E-state index in [1.807, 2.05) is 28.8 Å². The number of rotatable bonds is 5. The molecule has 5 heteroatoms. The molecule has 0 aliphatic carbocycles. The first kappa shape index (κ1) is 11.4. The van der Waals surface area contributed by atoms with Gasteiger partial charge < -0.3 is 14.8 Å². The summed E-state index contributed by atoms with van der Waals surface area (Å²) in [6, 6.07) is 7.84. The molecule has 0 fully saturated rings. The monoisotopic (exact) mass is 238 g/mol. The van der Waals surface area contributed by atoms with E-state index < -0.39 is 0 Å². The summed E-state index contributed by atoms with van der Waals surface area (Å²) in [7, 11) is 0. The van der Waals surface area contributed by atoms with E-state index >= 15 is 0 Å². The minimum absolute atomic E-state index is 0.0903. The van der Waals surface area contributed by atoms with Crippen LogP contribution >= 0.6 is 11.8 Å². The normalized spacial score (nSPS) is 11.1. The Morgan fingerprint density at radius 3 is 2.75 bits per heavy atom. The van der Waals surface area contributed by atoms with Crippen LogP contribution in [0.1, 0.15) is 0 Å². The summed E-state index contributed by atoms with van der Waals surface area (Å²) in [4.78, 5) is 4.47. The van der Waals surface area contributed by atoms with Crippen molar-refractivity contribution < 1.29 is 10.2 Å². The molecule has 86 valence electrons. The van der Waals surface area contributed by atoms with Gasteiger partial charge in [-0.2, -0.15) is 0 Å². The van der Waals surface area contributed by atoms with Gasteiger partial charge in [-0.05, 0) is 12.1 Å². The zero-order chi connectivity index (χ0) is 11.4. The molecule has 1 aromatic carbocycles. The molecule has 2 aromatic rings. The summed E-state index contributed by atoms with van der Waals surface area (Å²) in [6.45, 7) is 0.758. The second kappa shape index (κ2) is 5.34. The molecule has 1 aromatic heterocycles. The highest BCUT2D eigenvalue weighted by molar-refractivity contribution is 7.99. The Morgan fingerprint density at radius 1 is 1.19 bits per heavy atom. The van der Waals surface area contributed by atoms with Crippen LogP contribution in [0.15, 0.2) is 29.4 Å². The molecule has 4 nitrogen and oxygen atoms in total. The zero-order valence-corrected chi connectivity index (χ0v) is 9.65. The van der Waals surface area contributed by atoms with Crippen LogP contribution in [0.25, 0.3) is 11.0 Å². The third kappa shape index (κ3) is 2.21. The predicted octanol–water partition coefficient (Wildman–Crippen LogP) is 1.11. The Labute approximate surface area is 97.9 Å². The first-order valence-electron chi connectivity index (χ1n) is 5.16. The van der Waals surface area contributed by atoms with Gasteiger partial charge in [0.15, 0.2) is 5.16 Å². The van der Waals surface area contributed by atoms with Crippen molar-refractivity contribution in [2.24, 2.45) is 0 Å². The van der Waals surface area contributed by atoms with Crippen molar-refractivity contribution in [3.8, 4) is 0 Å². The second-order valence-electron chi connectivity index (χ2n) is 3.33. The molecule has 16 heavy (non-hydrogen) atoms. The minimum Gasteiger partial charge on any atom is -0.396 e. The fourth-order valence-corrected chi connectivity index (χ4v) is 2.40. The number of nitrogens with zero attached hydrogens (tertiary/aromatic N) is 2. The lowest BCUT2D eigenvalue weighted by atomic mass is 10.3. The van der Waals surface area contributed by atoms with Gasteiger partial charge in [0.25, 0.3) is 0 Å². The molecule has 2 N–H and O–H groups in total. The van der Waals surface area contributed by atoms with Crippen LogP contribution in [0.3, 0.4) is 0 Å². The third-order valence-electron chi connectivity index (χ3n) is 2.27. The SMILES string of the molecule is OCCSc1nc2ccccc2n1CCO. The number of imidazole rings is 1. The Hall–Kier alpha value is -1.04. The average molecular weight is 238 g/mol. The Bertz CT molecular complexity index is 470. The lowest BCUT2D eigenvalue weighted by Gasteiger charge is -2.05. The lowest BCUT2D eigenvalue weighted by molar-refractivity contribution is 0.273. The van der Waals surface area contributed by atoms with Gasteiger partial charge in [0, 0.05) is 12.3 Å². The van der Waals surface area contributed by atoms with Crippen molar-refractivity contribution in [2.45, 2.75) is 11.7 Å². The molecule has 1 heterocycles. The number of aliphatic hydroxyl groups is 2. The van der Waals surface area contributed by atoms with Crippen LogP contribution in [-0.2, 0) is 6.54 Å². The second-order valence-corrected chi connectivity index (χ2v) is 4.39. The van der Waals surface area contributed by atoms with Crippen LogP contribution in [-0.4, -0.2) is 38.7 Å². The summed E-state index contributed by atoms with van der Waals surface area (Å²) >= 11 is 1.50. The van der Waals surface area contributed by atoms with E-state index in [1.54, 1.807) is 0 Å². The largest absolute Gasteiger partial charge is 0.396 e. The molecule has 0 unspecified atom stereocenters. The van der Waals surface area contributed by atoms with E-state index in [4.69, 9.17) is 10.2 Å². The van der Waals surface area contributed by atoms with Crippen molar-refractivity contribution in [3.63, 3.8) is 0 Å². The smallest absolute Gasteiger partial charge is 0.169 e. The third-order valence-corrected chi connectivity index (χ3v) is 3.22. The number of para-hydroxylation sites is 2. The number of aliphatic hydroxyl groups excluding tert-OH is 2. The molecule has 0 atom stereocenters. The zero-order valence-electron chi connectivity index (χ0n) is 8.83. The van der Waals surface area contributed by atoms with Gasteiger partial charge in [-0.25, -0.2) is 4.98 Å². The maximum atomic E-state index is 9.04. The standard InChI is InChI=1S/C11H14N2O2S/c14-6-5-13-10-4-2-1-3-9(10)12-11(13)16-8-7-15/h1-4,14-15H,5-8H2. The quantitative estimate of drug-likeness (QED) is 0.766. The van der Waals surface area contributed by atoms with Crippen molar-refractivity contribution >= 4 is 22.8 Å². The number of fused-ring (bicyclic) bond motifs is 1. The summed E-state index contributed by atoms with van der Waals surface area (Å²) in [6.07, 6.45) is 0. The summed E-state index contributed by atoms with van der Waals surface area (Å²) < 4.78 is 1.98. The van der Waals surface area contributed by atoms with Gasteiger partial charge in [-0.3, -0.25) is 0 Å². The maximum absolute atomic E-state index is 9.04. The fraction of sp³-hybridized carbons (Fsp3) is 0.364. The van der Waals surface area contributed by atoms with Crippen LogP contribution < -0.4 is 0 Å². The Morgan fingerprint density at radius 2 is 2.00 bits per heavy atom. The molecule has 0 saturated carbocycles. The summed E-state index contributed by atoms with van der Waals surface area (Å²) in [5, 5.41) is 18.7. The van der Waals surface area contributed by atoms with E-state index in [0.29, 0.717) is 12.3 Å². The summed E-state index contributed by atoms with van der Waals surface area (Å²) in [5.74, 6) is 0.620. The number of aromatic nitrogens is 2. The molecule has 2 rings (SSSR count). The minimum atomic E-state index is 0.0903. The van der Waals surface area contributed by atoms with E-state index in [9.17, 15) is 0 Å². The highest BCUT2D eigenvalue weighted by Crippen LogP contribution is 2.23. The number of hydrogen-bond acceptors (Lipinski definition) is 4. The molecule has 0 radical (unpaired) electrons. The van der Waals surface area contributed by atoms with Crippen LogP contribution in [0.2, 0.25) is 0 Å². The first-order chi connectivity index (χ1) is 7.86.